The lowest BCUT2D eigenvalue weighted by Gasteiger charge is -2.08. The van der Waals surface area contributed by atoms with Gasteiger partial charge in [-0.2, -0.15) is 0 Å². The largest absolute Gasteiger partial charge is 0.436 e. The molecule has 0 bridgehead atoms. The fourth-order valence-electron chi connectivity index (χ4n) is 2.63. The number of fused-ring (bicyclic) bond motifs is 1. The van der Waals surface area contributed by atoms with Gasteiger partial charge < -0.3 is 9.73 Å². The van der Waals surface area contributed by atoms with Crippen LogP contribution in [-0.4, -0.2) is 10.9 Å². The Morgan fingerprint density at radius 1 is 1.16 bits per heavy atom. The van der Waals surface area contributed by atoms with Crippen LogP contribution >= 0.6 is 0 Å². The van der Waals surface area contributed by atoms with Crippen LogP contribution in [0.1, 0.15) is 45.6 Å². The molecule has 1 aromatic heterocycles. The Kier molecular flexibility index (Phi) is 4.88. The monoisotopic (exact) mass is 336 g/mol. The summed E-state index contributed by atoms with van der Waals surface area (Å²) in [6.07, 6.45) is 1.09. The van der Waals surface area contributed by atoms with Crippen LogP contribution in [0.2, 0.25) is 0 Å². The van der Waals surface area contributed by atoms with Crippen LogP contribution in [0.15, 0.2) is 46.9 Å². The standard InChI is InChI=1S/C21H24N2O2/c1-5-14(4)15-9-10-19-18(12-15)23-21(25-19)16-7-6-8-17(11-16)22-20(24)13(2)3/h6-14H,5H2,1-4H3,(H,22,24). The molecule has 3 rings (SSSR count). The molecular weight excluding hydrogens is 312 g/mol. The zero-order chi connectivity index (χ0) is 18.0. The summed E-state index contributed by atoms with van der Waals surface area (Å²) in [4.78, 5) is 16.5. The van der Waals surface area contributed by atoms with Crippen LogP contribution in [0, 0.1) is 5.92 Å². The molecular formula is C21H24N2O2. The number of amides is 1. The average Bonchev–Trinajstić information content (AvgIpc) is 3.04. The first kappa shape index (κ1) is 17.2. The van der Waals surface area contributed by atoms with Gasteiger partial charge in [-0.05, 0) is 48.2 Å². The molecule has 0 aliphatic carbocycles. The summed E-state index contributed by atoms with van der Waals surface area (Å²) in [6, 6.07) is 13.8. The molecule has 4 nitrogen and oxygen atoms in total. The van der Waals surface area contributed by atoms with Crippen molar-refractivity contribution in [3.63, 3.8) is 0 Å². The van der Waals surface area contributed by atoms with Gasteiger partial charge in [-0.3, -0.25) is 4.79 Å². The summed E-state index contributed by atoms with van der Waals surface area (Å²) in [7, 11) is 0. The normalized spacial score (nSPS) is 12.5. The summed E-state index contributed by atoms with van der Waals surface area (Å²) in [5, 5.41) is 2.91. The van der Waals surface area contributed by atoms with Gasteiger partial charge in [-0.25, -0.2) is 4.98 Å². The number of hydrogen-bond acceptors (Lipinski definition) is 3. The van der Waals surface area contributed by atoms with E-state index in [4.69, 9.17) is 4.42 Å². The lowest BCUT2D eigenvalue weighted by Crippen LogP contribution is -2.17. The highest BCUT2D eigenvalue weighted by Crippen LogP contribution is 2.29. The quantitative estimate of drug-likeness (QED) is 0.659. The van der Waals surface area contributed by atoms with Crippen LogP contribution in [0.3, 0.4) is 0 Å². The van der Waals surface area contributed by atoms with Gasteiger partial charge in [0.25, 0.3) is 0 Å². The number of carbonyl (C=O) groups excluding carboxylic acids is 1. The van der Waals surface area contributed by atoms with E-state index in [1.165, 1.54) is 5.56 Å². The summed E-state index contributed by atoms with van der Waals surface area (Å²) in [5.41, 5.74) is 4.51. The second-order valence-corrected chi connectivity index (χ2v) is 6.78. The maximum atomic E-state index is 11.9. The first-order valence-corrected chi connectivity index (χ1v) is 8.79. The predicted octanol–water partition coefficient (Wildman–Crippen LogP) is 5.60. The molecule has 0 spiro atoms. The summed E-state index contributed by atoms with van der Waals surface area (Å²) in [5.74, 6) is 0.996. The highest BCUT2D eigenvalue weighted by Gasteiger charge is 2.12. The highest BCUT2D eigenvalue weighted by molar-refractivity contribution is 5.92. The smallest absolute Gasteiger partial charge is 0.227 e. The molecule has 1 unspecified atom stereocenters. The molecule has 1 N–H and O–H groups in total. The zero-order valence-corrected chi connectivity index (χ0v) is 15.2. The molecule has 0 fully saturated rings. The van der Waals surface area contributed by atoms with Crippen molar-refractivity contribution < 1.29 is 9.21 Å². The van der Waals surface area contributed by atoms with E-state index in [0.29, 0.717) is 11.8 Å². The van der Waals surface area contributed by atoms with Crippen LogP contribution in [0.5, 0.6) is 0 Å². The maximum absolute atomic E-state index is 11.9. The summed E-state index contributed by atoms with van der Waals surface area (Å²) >= 11 is 0. The third-order valence-corrected chi connectivity index (χ3v) is 4.49. The van der Waals surface area contributed by atoms with E-state index in [2.05, 4.69) is 36.3 Å². The number of nitrogens with one attached hydrogen (secondary N) is 1. The first-order chi connectivity index (χ1) is 12.0. The van der Waals surface area contributed by atoms with E-state index in [1.54, 1.807) is 0 Å². The Hall–Kier alpha value is -2.62. The molecule has 0 radical (unpaired) electrons. The molecule has 2 aromatic carbocycles. The third kappa shape index (κ3) is 3.73. The van der Waals surface area contributed by atoms with Gasteiger partial charge in [-0.15, -0.1) is 0 Å². The number of oxazole rings is 1. The van der Waals surface area contributed by atoms with E-state index in [-0.39, 0.29) is 11.8 Å². The van der Waals surface area contributed by atoms with Crippen molar-refractivity contribution in [2.45, 2.75) is 40.0 Å². The van der Waals surface area contributed by atoms with E-state index in [0.717, 1.165) is 28.8 Å². The molecule has 0 aliphatic rings. The van der Waals surface area contributed by atoms with Gasteiger partial charge in [0.1, 0.15) is 5.52 Å². The Morgan fingerprint density at radius 3 is 2.68 bits per heavy atom. The molecule has 25 heavy (non-hydrogen) atoms. The highest BCUT2D eigenvalue weighted by atomic mass is 16.3. The molecule has 130 valence electrons. The minimum absolute atomic E-state index is 0.00656. The predicted molar refractivity (Wildman–Crippen MR) is 102 cm³/mol. The van der Waals surface area contributed by atoms with Crippen molar-refractivity contribution >= 4 is 22.7 Å². The van der Waals surface area contributed by atoms with Crippen LogP contribution in [0.25, 0.3) is 22.6 Å². The maximum Gasteiger partial charge on any atom is 0.227 e. The molecule has 4 heteroatoms. The van der Waals surface area contributed by atoms with Gasteiger partial charge >= 0.3 is 0 Å². The minimum Gasteiger partial charge on any atom is -0.436 e. The Bertz CT molecular complexity index is 896. The zero-order valence-electron chi connectivity index (χ0n) is 15.2. The molecule has 1 atom stereocenters. The van der Waals surface area contributed by atoms with Crippen LogP contribution < -0.4 is 5.32 Å². The topological polar surface area (TPSA) is 55.1 Å². The third-order valence-electron chi connectivity index (χ3n) is 4.49. The van der Waals surface area contributed by atoms with E-state index >= 15 is 0 Å². The number of benzene rings is 2. The second-order valence-electron chi connectivity index (χ2n) is 6.78. The van der Waals surface area contributed by atoms with Crippen molar-refractivity contribution in [2.75, 3.05) is 5.32 Å². The molecule has 0 saturated carbocycles. The summed E-state index contributed by atoms with van der Waals surface area (Å²) < 4.78 is 5.91. The SMILES string of the molecule is CCC(C)c1ccc2oc(-c3cccc(NC(=O)C(C)C)c3)nc2c1. The first-order valence-electron chi connectivity index (χ1n) is 8.79. The van der Waals surface area contributed by atoms with Crippen molar-refractivity contribution in [3.8, 4) is 11.5 Å². The van der Waals surface area contributed by atoms with Crippen LogP contribution in [-0.2, 0) is 4.79 Å². The van der Waals surface area contributed by atoms with Crippen molar-refractivity contribution in [1.82, 2.24) is 4.98 Å². The van der Waals surface area contributed by atoms with Gasteiger partial charge in [0.15, 0.2) is 5.58 Å². The van der Waals surface area contributed by atoms with Gasteiger partial charge in [0.2, 0.25) is 11.8 Å². The number of hydrogen-bond donors (Lipinski definition) is 1. The minimum atomic E-state index is -0.0630. The van der Waals surface area contributed by atoms with E-state index in [9.17, 15) is 4.79 Å². The van der Waals surface area contributed by atoms with Crippen molar-refractivity contribution in [1.29, 1.82) is 0 Å². The molecule has 0 aliphatic heterocycles. The number of anilines is 1. The Labute approximate surface area is 148 Å². The number of nitrogens with zero attached hydrogens (tertiary/aromatic N) is 1. The Morgan fingerprint density at radius 2 is 1.96 bits per heavy atom. The number of aromatic nitrogens is 1. The fraction of sp³-hybridized carbons (Fsp3) is 0.333. The average molecular weight is 336 g/mol. The fourth-order valence-corrected chi connectivity index (χ4v) is 2.63. The molecule has 1 heterocycles. The van der Waals surface area contributed by atoms with E-state index < -0.39 is 0 Å². The molecule has 3 aromatic rings. The summed E-state index contributed by atoms with van der Waals surface area (Å²) in [6.45, 7) is 8.13. The second kappa shape index (κ2) is 7.09. The van der Waals surface area contributed by atoms with Gasteiger partial charge in [0, 0.05) is 17.2 Å². The molecule has 1 amide bonds. The van der Waals surface area contributed by atoms with E-state index in [1.807, 2.05) is 44.2 Å². The van der Waals surface area contributed by atoms with Crippen molar-refractivity contribution in [3.05, 3.63) is 48.0 Å². The van der Waals surface area contributed by atoms with Gasteiger partial charge in [0.05, 0.1) is 0 Å². The lowest BCUT2D eigenvalue weighted by atomic mass is 9.98. The Balaban J connectivity index is 1.92. The number of rotatable bonds is 5. The lowest BCUT2D eigenvalue weighted by molar-refractivity contribution is -0.118. The van der Waals surface area contributed by atoms with Gasteiger partial charge in [-0.1, -0.05) is 39.8 Å². The van der Waals surface area contributed by atoms with Crippen molar-refractivity contribution in [2.24, 2.45) is 5.92 Å². The van der Waals surface area contributed by atoms with Crippen LogP contribution in [0.4, 0.5) is 5.69 Å². The number of carbonyl (C=O) groups is 1. The molecule has 0 saturated heterocycles.